The lowest BCUT2D eigenvalue weighted by atomic mass is 10.1. The quantitative estimate of drug-likeness (QED) is 0.414. The summed E-state index contributed by atoms with van der Waals surface area (Å²) >= 11 is 6.01. The van der Waals surface area contributed by atoms with Crippen molar-refractivity contribution in [3.05, 3.63) is 97.1 Å². The van der Waals surface area contributed by atoms with Crippen molar-refractivity contribution < 1.29 is 9.90 Å². The number of H-pyrrole nitrogens is 1. The number of rotatable bonds is 6. The molecule has 3 N–H and O–H groups in total. The molecule has 1 amide bonds. The van der Waals surface area contributed by atoms with Gasteiger partial charge < -0.3 is 5.11 Å². The molecule has 0 saturated carbocycles. The first-order chi connectivity index (χ1) is 14.4. The zero-order chi connectivity index (χ0) is 21.7. The molecule has 1 aromatic heterocycles. The first-order valence-electron chi connectivity index (χ1n) is 9.14. The van der Waals surface area contributed by atoms with Gasteiger partial charge in [0, 0.05) is 0 Å². The number of aromatic hydroxyl groups is 1. The Balaban J connectivity index is 1.98. The molecule has 0 atom stereocenters. The second-order valence-electron chi connectivity index (χ2n) is 6.36. The largest absolute Gasteiger partial charge is 0.494 e. The third-order valence-electron chi connectivity index (χ3n) is 4.39. The molecule has 0 bridgehead atoms. The van der Waals surface area contributed by atoms with E-state index in [9.17, 15) is 19.5 Å². The Morgan fingerprint density at radius 1 is 1.13 bits per heavy atom. The summed E-state index contributed by atoms with van der Waals surface area (Å²) in [6.45, 7) is 1.75. The number of benzene rings is 2. The number of aromatic nitrogens is 2. The van der Waals surface area contributed by atoms with Crippen LogP contribution < -0.4 is 16.7 Å². The summed E-state index contributed by atoms with van der Waals surface area (Å²) in [5.41, 5.74) is 1.69. The van der Waals surface area contributed by atoms with Gasteiger partial charge in [-0.05, 0) is 24.1 Å². The third kappa shape index (κ3) is 4.49. The van der Waals surface area contributed by atoms with E-state index in [1.165, 1.54) is 6.07 Å². The first kappa shape index (κ1) is 21.1. The van der Waals surface area contributed by atoms with Gasteiger partial charge in [-0.3, -0.25) is 19.1 Å². The number of nitrogens with one attached hydrogen (secondary N) is 2. The predicted molar refractivity (Wildman–Crippen MR) is 114 cm³/mol. The Morgan fingerprint density at radius 3 is 2.47 bits per heavy atom. The summed E-state index contributed by atoms with van der Waals surface area (Å²) in [6, 6.07) is 15.4. The van der Waals surface area contributed by atoms with Crippen LogP contribution in [0.25, 0.3) is 0 Å². The Kier molecular flexibility index (Phi) is 6.48. The highest BCUT2D eigenvalue weighted by Gasteiger charge is 2.19. The van der Waals surface area contributed by atoms with Crippen molar-refractivity contribution in [3.63, 3.8) is 0 Å². The molecule has 0 aliphatic rings. The zero-order valence-electron chi connectivity index (χ0n) is 16.1. The fourth-order valence-electron chi connectivity index (χ4n) is 2.87. The van der Waals surface area contributed by atoms with E-state index in [1.807, 2.05) is 6.07 Å². The highest BCUT2D eigenvalue weighted by atomic mass is 35.5. The minimum absolute atomic E-state index is 0.0538. The average molecular weight is 427 g/mol. The molecule has 154 valence electrons. The molecule has 9 heteroatoms. The number of amides is 1. The van der Waals surface area contributed by atoms with Crippen molar-refractivity contribution in [2.45, 2.75) is 19.9 Å². The topological polar surface area (TPSA) is 117 Å². The van der Waals surface area contributed by atoms with Gasteiger partial charge in [-0.25, -0.2) is 10.2 Å². The van der Waals surface area contributed by atoms with Gasteiger partial charge in [0.25, 0.3) is 11.5 Å². The van der Waals surface area contributed by atoms with Crippen LogP contribution in [-0.2, 0) is 6.54 Å². The molecule has 1 heterocycles. The minimum atomic E-state index is -0.797. The van der Waals surface area contributed by atoms with Gasteiger partial charge in [0.2, 0.25) is 5.88 Å². The highest BCUT2D eigenvalue weighted by molar-refractivity contribution is 6.33. The van der Waals surface area contributed by atoms with Crippen LogP contribution in [0.1, 0.15) is 34.8 Å². The van der Waals surface area contributed by atoms with Gasteiger partial charge in [-0.2, -0.15) is 5.10 Å². The molecule has 3 rings (SSSR count). The minimum Gasteiger partial charge on any atom is -0.494 e. The number of carbonyl (C=O) groups excluding carboxylic acids is 1. The molecule has 2 aromatic carbocycles. The fourth-order valence-corrected chi connectivity index (χ4v) is 3.09. The standard InChI is InChI=1S/C21H19ClN4O4/c1-2-16(24-25-18(27)14-10-6-7-11-15(14)22)17-19(28)23-21(30)26(20(17)29)12-13-8-4-3-5-9-13/h3-11,29H,2,12H2,1H3,(H,25,27)(H,23,28,30)/b24-16-. The number of halogens is 1. The van der Waals surface area contributed by atoms with E-state index in [2.05, 4.69) is 15.5 Å². The van der Waals surface area contributed by atoms with Crippen LogP contribution in [0.2, 0.25) is 5.02 Å². The van der Waals surface area contributed by atoms with E-state index in [1.54, 1.807) is 49.4 Å². The molecule has 0 saturated heterocycles. The van der Waals surface area contributed by atoms with Crippen LogP contribution in [0.15, 0.2) is 69.3 Å². The van der Waals surface area contributed by atoms with Crippen LogP contribution in [0.5, 0.6) is 5.88 Å². The fraction of sp³-hybridized carbons (Fsp3) is 0.143. The second kappa shape index (κ2) is 9.23. The summed E-state index contributed by atoms with van der Waals surface area (Å²) in [5, 5.41) is 14.9. The third-order valence-corrected chi connectivity index (χ3v) is 4.72. The zero-order valence-corrected chi connectivity index (χ0v) is 16.8. The molecule has 0 fully saturated rings. The molecule has 0 unspecified atom stereocenters. The van der Waals surface area contributed by atoms with Gasteiger partial charge in [0.1, 0.15) is 5.56 Å². The lowest BCUT2D eigenvalue weighted by molar-refractivity contribution is 0.0955. The Labute approximate surface area is 176 Å². The van der Waals surface area contributed by atoms with E-state index >= 15 is 0 Å². The van der Waals surface area contributed by atoms with Gasteiger partial charge in [0.05, 0.1) is 22.8 Å². The normalized spacial score (nSPS) is 11.3. The van der Waals surface area contributed by atoms with E-state index in [0.29, 0.717) is 0 Å². The van der Waals surface area contributed by atoms with E-state index in [4.69, 9.17) is 11.6 Å². The Bertz CT molecular complexity index is 1220. The summed E-state index contributed by atoms with van der Waals surface area (Å²) in [4.78, 5) is 39.2. The lowest BCUT2D eigenvalue weighted by Crippen LogP contribution is -2.34. The highest BCUT2D eigenvalue weighted by Crippen LogP contribution is 2.16. The number of hydrogen-bond acceptors (Lipinski definition) is 5. The SMILES string of the molecule is CC/C(=N/NC(=O)c1ccccc1Cl)c1c(O)n(Cc2ccccc2)c(=O)[nH]c1=O. The van der Waals surface area contributed by atoms with Crippen molar-refractivity contribution >= 4 is 23.2 Å². The maximum absolute atomic E-state index is 12.4. The van der Waals surface area contributed by atoms with Crippen molar-refractivity contribution in [3.8, 4) is 5.88 Å². The van der Waals surface area contributed by atoms with Crippen molar-refractivity contribution in [1.82, 2.24) is 15.0 Å². The Hall–Kier alpha value is -3.65. The summed E-state index contributed by atoms with van der Waals surface area (Å²) < 4.78 is 1.03. The molecule has 0 radical (unpaired) electrons. The molecule has 8 nitrogen and oxygen atoms in total. The predicted octanol–water partition coefficient (Wildman–Crippen LogP) is 2.49. The summed E-state index contributed by atoms with van der Waals surface area (Å²) in [7, 11) is 0. The van der Waals surface area contributed by atoms with Crippen LogP contribution in [0.3, 0.4) is 0 Å². The maximum atomic E-state index is 12.4. The van der Waals surface area contributed by atoms with Crippen LogP contribution in [0, 0.1) is 0 Å². The van der Waals surface area contributed by atoms with E-state index < -0.39 is 23.0 Å². The average Bonchev–Trinajstić information content (AvgIpc) is 2.74. The number of carbonyl (C=O) groups is 1. The van der Waals surface area contributed by atoms with Crippen LogP contribution in [-0.4, -0.2) is 26.3 Å². The number of hydrazone groups is 1. The number of hydrogen-bond donors (Lipinski definition) is 3. The van der Waals surface area contributed by atoms with Gasteiger partial charge in [0.15, 0.2) is 0 Å². The smallest absolute Gasteiger partial charge is 0.331 e. The van der Waals surface area contributed by atoms with Crippen molar-refractivity contribution in [2.75, 3.05) is 0 Å². The van der Waals surface area contributed by atoms with Crippen LogP contribution in [0.4, 0.5) is 0 Å². The van der Waals surface area contributed by atoms with Gasteiger partial charge in [-0.15, -0.1) is 0 Å². The molecule has 0 aliphatic heterocycles. The van der Waals surface area contributed by atoms with Gasteiger partial charge >= 0.3 is 5.69 Å². The van der Waals surface area contributed by atoms with Crippen molar-refractivity contribution in [1.29, 1.82) is 0 Å². The summed E-state index contributed by atoms with van der Waals surface area (Å²) in [5.74, 6) is -1.10. The molecular weight excluding hydrogens is 408 g/mol. The number of aromatic amines is 1. The van der Waals surface area contributed by atoms with Gasteiger partial charge in [-0.1, -0.05) is 61.0 Å². The molecule has 3 aromatic rings. The lowest BCUT2D eigenvalue weighted by Gasteiger charge is -2.12. The first-order valence-corrected chi connectivity index (χ1v) is 9.52. The Morgan fingerprint density at radius 2 is 1.80 bits per heavy atom. The second-order valence-corrected chi connectivity index (χ2v) is 6.77. The van der Waals surface area contributed by atoms with Crippen molar-refractivity contribution in [2.24, 2.45) is 5.10 Å². The molecule has 30 heavy (non-hydrogen) atoms. The maximum Gasteiger partial charge on any atom is 0.331 e. The number of nitrogens with zero attached hydrogens (tertiary/aromatic N) is 2. The molecule has 0 spiro atoms. The van der Waals surface area contributed by atoms with E-state index in [-0.39, 0.29) is 34.8 Å². The molecular formula is C21H19ClN4O4. The summed E-state index contributed by atoms with van der Waals surface area (Å²) in [6.07, 6.45) is 0.211. The molecule has 0 aliphatic carbocycles. The van der Waals surface area contributed by atoms with E-state index in [0.717, 1.165) is 10.1 Å². The van der Waals surface area contributed by atoms with Crippen LogP contribution >= 0.6 is 11.6 Å². The monoisotopic (exact) mass is 426 g/mol.